The first kappa shape index (κ1) is 19.8. The van der Waals surface area contributed by atoms with Gasteiger partial charge in [-0.15, -0.1) is 5.10 Å². The molecule has 1 amide bonds. The molecule has 0 fully saturated rings. The monoisotopic (exact) mass is 422 g/mol. The van der Waals surface area contributed by atoms with Crippen LogP contribution in [0.5, 0.6) is 0 Å². The number of hydrogen-bond donors (Lipinski definition) is 2. The number of hydrogen-bond acceptors (Lipinski definition) is 5. The lowest BCUT2D eigenvalue weighted by atomic mass is 10.0. The van der Waals surface area contributed by atoms with Gasteiger partial charge >= 0.3 is 0 Å². The summed E-state index contributed by atoms with van der Waals surface area (Å²) in [6.45, 7) is 1.74. The van der Waals surface area contributed by atoms with Crippen molar-refractivity contribution in [1.82, 2.24) is 30.3 Å². The minimum absolute atomic E-state index is 0.0203. The highest BCUT2D eigenvalue weighted by atomic mass is 35.5. The van der Waals surface area contributed by atoms with Crippen molar-refractivity contribution in [2.45, 2.75) is 25.9 Å². The normalized spacial score (nSPS) is 12.1. The fraction of sp³-hybridized carbons (Fsp3) is 0.190. The molecule has 2 heterocycles. The molecular weight excluding hydrogens is 404 g/mol. The number of H-pyrrole nitrogens is 1. The van der Waals surface area contributed by atoms with Crippen molar-refractivity contribution in [3.8, 4) is 0 Å². The summed E-state index contributed by atoms with van der Waals surface area (Å²) in [6, 6.07) is 15.7. The van der Waals surface area contributed by atoms with Gasteiger partial charge in [-0.3, -0.25) is 9.59 Å². The highest BCUT2D eigenvalue weighted by Gasteiger charge is 2.18. The number of aromatic amines is 1. The minimum atomic E-state index is -0.391. The third-order valence-electron chi connectivity index (χ3n) is 4.65. The summed E-state index contributed by atoms with van der Waals surface area (Å²) >= 11 is 6.01. The highest BCUT2D eigenvalue weighted by Crippen LogP contribution is 2.20. The number of para-hydroxylation sites is 1. The Hall–Kier alpha value is -3.52. The third kappa shape index (κ3) is 4.55. The van der Waals surface area contributed by atoms with Crippen molar-refractivity contribution < 1.29 is 4.79 Å². The van der Waals surface area contributed by atoms with Crippen LogP contribution in [0.1, 0.15) is 23.1 Å². The van der Waals surface area contributed by atoms with Crippen LogP contribution in [0.25, 0.3) is 11.0 Å². The van der Waals surface area contributed by atoms with Crippen LogP contribution in [0.15, 0.2) is 59.4 Å². The number of aryl methyl sites for hydroxylation is 1. The zero-order valence-corrected chi connectivity index (χ0v) is 16.9. The summed E-state index contributed by atoms with van der Waals surface area (Å²) < 4.78 is 1.55. The molecule has 2 aromatic carbocycles. The Morgan fingerprint density at radius 3 is 2.73 bits per heavy atom. The summed E-state index contributed by atoms with van der Waals surface area (Å²) in [4.78, 5) is 31.6. The molecule has 152 valence electrons. The predicted molar refractivity (Wildman–Crippen MR) is 113 cm³/mol. The molecule has 4 rings (SSSR count). The predicted octanol–water partition coefficient (Wildman–Crippen LogP) is 2.58. The van der Waals surface area contributed by atoms with Crippen molar-refractivity contribution in [3.63, 3.8) is 0 Å². The van der Waals surface area contributed by atoms with Gasteiger partial charge in [0.15, 0.2) is 0 Å². The van der Waals surface area contributed by atoms with E-state index in [1.165, 1.54) is 6.07 Å². The van der Waals surface area contributed by atoms with Gasteiger partial charge in [-0.25, -0.2) is 9.67 Å². The SMILES string of the molecule is Cc1nc(C[C@H](NC(=O)Cn2nnc3ccccc32)c2ccc(Cl)cc2)cc(=O)[nH]1. The van der Waals surface area contributed by atoms with E-state index in [2.05, 4.69) is 25.6 Å². The van der Waals surface area contributed by atoms with Gasteiger partial charge in [0.2, 0.25) is 5.91 Å². The molecule has 0 radical (unpaired) electrons. The maximum atomic E-state index is 12.8. The molecule has 0 saturated heterocycles. The number of nitrogens with one attached hydrogen (secondary N) is 2. The molecule has 0 bridgehead atoms. The maximum Gasteiger partial charge on any atom is 0.251 e. The minimum Gasteiger partial charge on any atom is -0.347 e. The summed E-state index contributed by atoms with van der Waals surface area (Å²) in [7, 11) is 0. The molecule has 1 atom stereocenters. The van der Waals surface area contributed by atoms with E-state index in [0.717, 1.165) is 16.6 Å². The van der Waals surface area contributed by atoms with Gasteiger partial charge in [-0.05, 0) is 36.8 Å². The molecule has 0 unspecified atom stereocenters. The topological polar surface area (TPSA) is 106 Å². The molecule has 0 spiro atoms. The Labute approximate surface area is 176 Å². The second kappa shape index (κ2) is 8.46. The van der Waals surface area contributed by atoms with Crippen molar-refractivity contribution in [1.29, 1.82) is 0 Å². The number of fused-ring (bicyclic) bond motifs is 1. The van der Waals surface area contributed by atoms with Crippen LogP contribution in [0.3, 0.4) is 0 Å². The summed E-state index contributed by atoms with van der Waals surface area (Å²) in [6.07, 6.45) is 0.357. The molecular formula is C21H19ClN6O2. The quantitative estimate of drug-likeness (QED) is 0.496. The average molecular weight is 423 g/mol. The number of halogens is 1. The average Bonchev–Trinajstić information content (AvgIpc) is 3.10. The number of carbonyl (C=O) groups is 1. The number of rotatable bonds is 6. The fourth-order valence-corrected chi connectivity index (χ4v) is 3.44. The number of nitrogens with zero attached hydrogens (tertiary/aromatic N) is 4. The molecule has 2 N–H and O–H groups in total. The Kier molecular flexibility index (Phi) is 5.58. The second-order valence-corrected chi connectivity index (χ2v) is 7.37. The van der Waals surface area contributed by atoms with Gasteiger partial charge in [0, 0.05) is 17.5 Å². The molecule has 8 nitrogen and oxygen atoms in total. The lowest BCUT2D eigenvalue weighted by Gasteiger charge is -2.19. The molecule has 4 aromatic rings. The Morgan fingerprint density at radius 2 is 1.97 bits per heavy atom. The Morgan fingerprint density at radius 1 is 1.20 bits per heavy atom. The zero-order chi connectivity index (χ0) is 21.1. The summed E-state index contributed by atoms with van der Waals surface area (Å²) in [5, 5.41) is 11.8. The van der Waals surface area contributed by atoms with Crippen LogP contribution in [-0.4, -0.2) is 30.9 Å². The molecule has 2 aromatic heterocycles. The number of amides is 1. The van der Waals surface area contributed by atoms with Gasteiger partial charge in [0.05, 0.1) is 17.3 Å². The largest absolute Gasteiger partial charge is 0.347 e. The first-order valence-corrected chi connectivity index (χ1v) is 9.75. The molecule has 30 heavy (non-hydrogen) atoms. The zero-order valence-electron chi connectivity index (χ0n) is 16.2. The molecule has 0 aliphatic carbocycles. The van der Waals surface area contributed by atoms with Crippen LogP contribution >= 0.6 is 11.6 Å². The van der Waals surface area contributed by atoms with Crippen LogP contribution in [-0.2, 0) is 17.8 Å². The molecule has 9 heteroatoms. The van der Waals surface area contributed by atoms with Crippen molar-refractivity contribution in [2.24, 2.45) is 0 Å². The van der Waals surface area contributed by atoms with E-state index in [1.807, 2.05) is 36.4 Å². The van der Waals surface area contributed by atoms with Crippen molar-refractivity contribution in [3.05, 3.63) is 87.1 Å². The van der Waals surface area contributed by atoms with Gasteiger partial charge in [-0.2, -0.15) is 0 Å². The van der Waals surface area contributed by atoms with E-state index in [-0.39, 0.29) is 18.0 Å². The van der Waals surface area contributed by atoms with Crippen molar-refractivity contribution >= 4 is 28.5 Å². The first-order chi connectivity index (χ1) is 14.5. The highest BCUT2D eigenvalue weighted by molar-refractivity contribution is 6.30. The van der Waals surface area contributed by atoms with E-state index in [9.17, 15) is 9.59 Å². The van der Waals surface area contributed by atoms with Crippen molar-refractivity contribution in [2.75, 3.05) is 0 Å². The van der Waals surface area contributed by atoms with Crippen LogP contribution in [0, 0.1) is 6.92 Å². The van der Waals surface area contributed by atoms with Crippen LogP contribution in [0.4, 0.5) is 0 Å². The number of carbonyl (C=O) groups excluding carboxylic acids is 1. The third-order valence-corrected chi connectivity index (χ3v) is 4.90. The molecule has 0 aliphatic rings. The van der Waals surface area contributed by atoms with Gasteiger partial charge < -0.3 is 10.3 Å². The van der Waals surface area contributed by atoms with Gasteiger partial charge in [-0.1, -0.05) is 41.1 Å². The summed E-state index contributed by atoms with van der Waals surface area (Å²) in [5.74, 6) is 0.292. The Bertz CT molecular complexity index is 1250. The van der Waals surface area contributed by atoms with E-state index in [4.69, 9.17) is 11.6 Å². The molecule has 0 aliphatic heterocycles. The smallest absolute Gasteiger partial charge is 0.251 e. The second-order valence-electron chi connectivity index (χ2n) is 6.93. The van der Waals surface area contributed by atoms with E-state index < -0.39 is 6.04 Å². The maximum absolute atomic E-state index is 12.8. The van der Waals surface area contributed by atoms with E-state index >= 15 is 0 Å². The van der Waals surface area contributed by atoms with E-state index in [0.29, 0.717) is 23.0 Å². The van der Waals surface area contributed by atoms with Gasteiger partial charge in [0.25, 0.3) is 5.56 Å². The lowest BCUT2D eigenvalue weighted by molar-refractivity contribution is -0.122. The van der Waals surface area contributed by atoms with Crippen LogP contribution < -0.4 is 10.9 Å². The number of benzene rings is 2. The molecule has 0 saturated carbocycles. The fourth-order valence-electron chi connectivity index (χ4n) is 3.31. The standard InChI is InChI=1S/C21H19ClN6O2/c1-13-23-16(11-20(29)24-13)10-18(14-6-8-15(22)9-7-14)25-21(30)12-28-19-5-3-2-4-17(19)26-27-28/h2-9,11,18H,10,12H2,1H3,(H,25,30)(H,23,24,29)/t18-/m0/s1. The van der Waals surface area contributed by atoms with Crippen LogP contribution in [0.2, 0.25) is 5.02 Å². The van der Waals surface area contributed by atoms with E-state index in [1.54, 1.807) is 23.7 Å². The lowest BCUT2D eigenvalue weighted by Crippen LogP contribution is -2.33. The Balaban J connectivity index is 1.57. The summed E-state index contributed by atoms with van der Waals surface area (Å²) in [5.41, 5.74) is 2.72. The first-order valence-electron chi connectivity index (χ1n) is 9.38. The number of aromatic nitrogens is 5. The van der Waals surface area contributed by atoms with Gasteiger partial charge in [0.1, 0.15) is 17.9 Å².